The van der Waals surface area contributed by atoms with Crippen LogP contribution >= 0.6 is 22.9 Å². The lowest BCUT2D eigenvalue weighted by atomic mass is 10.0. The van der Waals surface area contributed by atoms with Crippen LogP contribution in [-0.4, -0.2) is 39.8 Å². The van der Waals surface area contributed by atoms with Crippen molar-refractivity contribution in [3.05, 3.63) is 23.4 Å². The van der Waals surface area contributed by atoms with Crippen molar-refractivity contribution < 1.29 is 9.84 Å². The van der Waals surface area contributed by atoms with E-state index in [0.717, 1.165) is 46.7 Å². The Kier molecular flexibility index (Phi) is 8.07. The Morgan fingerprint density at radius 2 is 2.10 bits per heavy atom. The van der Waals surface area contributed by atoms with Crippen LogP contribution in [-0.2, 0) is 0 Å². The van der Waals surface area contributed by atoms with Gasteiger partial charge in [0.15, 0.2) is 0 Å². The van der Waals surface area contributed by atoms with Crippen molar-refractivity contribution in [2.24, 2.45) is 5.92 Å². The summed E-state index contributed by atoms with van der Waals surface area (Å²) in [5.41, 5.74) is 7.32. The summed E-state index contributed by atoms with van der Waals surface area (Å²) in [7, 11) is 0. The molecule has 7 nitrogen and oxygen atoms in total. The summed E-state index contributed by atoms with van der Waals surface area (Å²) in [6.07, 6.45) is 3.84. The van der Waals surface area contributed by atoms with Crippen LogP contribution in [0.1, 0.15) is 39.5 Å². The molecular weight excluding hydrogens is 422 g/mol. The molecule has 0 bridgehead atoms. The molecule has 2 aromatic heterocycles. The first-order valence-corrected chi connectivity index (χ1v) is 11.5. The highest BCUT2D eigenvalue weighted by Crippen LogP contribution is 2.39. The molecule has 0 aliphatic carbocycles. The Morgan fingerprint density at radius 1 is 1.27 bits per heavy atom. The van der Waals surface area contributed by atoms with Crippen molar-refractivity contribution in [1.82, 2.24) is 15.0 Å². The van der Waals surface area contributed by atoms with Gasteiger partial charge in [0.25, 0.3) is 0 Å². The number of nitrogens with zero attached hydrogens (tertiary/aromatic N) is 3. The highest BCUT2D eigenvalue weighted by molar-refractivity contribution is 7.21. The van der Waals surface area contributed by atoms with Gasteiger partial charge in [-0.2, -0.15) is 4.98 Å². The predicted octanol–water partition coefficient (Wildman–Crippen LogP) is 4.99. The van der Waals surface area contributed by atoms with E-state index in [2.05, 4.69) is 29.1 Å². The molecule has 1 unspecified atom stereocenters. The van der Waals surface area contributed by atoms with Gasteiger partial charge in [0.1, 0.15) is 21.7 Å². The first-order valence-electron chi connectivity index (χ1n) is 10.3. The molecule has 3 rings (SSSR count). The molecule has 1 aromatic carbocycles. The van der Waals surface area contributed by atoms with E-state index in [-0.39, 0.29) is 23.6 Å². The monoisotopic (exact) mass is 449 g/mol. The molecule has 9 heteroatoms. The summed E-state index contributed by atoms with van der Waals surface area (Å²) in [4.78, 5) is 13.2. The Hall–Kier alpha value is -2.16. The number of nitrogens with two attached hydrogens (primary N) is 1. The Bertz CT molecular complexity index is 977. The van der Waals surface area contributed by atoms with Gasteiger partial charge in [-0.15, -0.1) is 11.3 Å². The number of benzene rings is 1. The minimum absolute atomic E-state index is 0.105. The van der Waals surface area contributed by atoms with Crippen molar-refractivity contribution in [1.29, 1.82) is 0 Å². The molecule has 3 aromatic rings. The summed E-state index contributed by atoms with van der Waals surface area (Å²) >= 11 is 7.95. The number of anilines is 2. The van der Waals surface area contributed by atoms with Crippen LogP contribution in [0, 0.1) is 5.92 Å². The molecule has 0 aliphatic heterocycles. The molecule has 0 saturated carbocycles. The van der Waals surface area contributed by atoms with Gasteiger partial charge in [0.05, 0.1) is 22.4 Å². The van der Waals surface area contributed by atoms with Gasteiger partial charge >= 0.3 is 0 Å². The SMILES string of the molecule is CCCCOc1ccc2nc(-c3c(Cl)nc(N)nc3NCCC(CC)CO)sc2c1. The summed E-state index contributed by atoms with van der Waals surface area (Å²) in [5, 5.41) is 13.7. The summed E-state index contributed by atoms with van der Waals surface area (Å²) in [6.45, 7) is 5.70. The van der Waals surface area contributed by atoms with Gasteiger partial charge in [-0.1, -0.05) is 38.3 Å². The van der Waals surface area contributed by atoms with E-state index in [1.54, 1.807) is 0 Å². The zero-order chi connectivity index (χ0) is 21.5. The number of aliphatic hydroxyl groups excluding tert-OH is 1. The average Bonchev–Trinajstić information content (AvgIpc) is 3.13. The predicted molar refractivity (Wildman–Crippen MR) is 124 cm³/mol. The molecule has 0 fully saturated rings. The highest BCUT2D eigenvalue weighted by Gasteiger charge is 2.19. The van der Waals surface area contributed by atoms with E-state index in [4.69, 9.17) is 27.1 Å². The fraction of sp³-hybridized carbons (Fsp3) is 0.476. The number of thiazole rings is 1. The van der Waals surface area contributed by atoms with E-state index >= 15 is 0 Å². The standard InChI is InChI=1S/C21H28ClN5O2S/c1-3-5-10-29-14-6-7-15-16(11-14)30-20(25-15)17-18(22)26-21(23)27-19(17)24-9-8-13(4-2)12-28/h6-7,11,13,28H,3-5,8-10,12H2,1-2H3,(H3,23,24,26,27). The molecule has 2 heterocycles. The number of aliphatic hydroxyl groups is 1. The maximum absolute atomic E-state index is 9.40. The number of rotatable bonds is 11. The zero-order valence-corrected chi connectivity index (χ0v) is 18.9. The van der Waals surface area contributed by atoms with Crippen LogP contribution in [0.3, 0.4) is 0 Å². The molecule has 1 atom stereocenters. The second kappa shape index (κ2) is 10.7. The van der Waals surface area contributed by atoms with Crippen molar-refractivity contribution in [3.63, 3.8) is 0 Å². The lowest BCUT2D eigenvalue weighted by Crippen LogP contribution is -2.13. The Labute approximate surface area is 185 Å². The van der Waals surface area contributed by atoms with Crippen LogP contribution in [0.4, 0.5) is 11.8 Å². The number of unbranched alkanes of at least 4 members (excludes halogenated alkanes) is 1. The van der Waals surface area contributed by atoms with Gasteiger partial charge in [-0.25, -0.2) is 9.97 Å². The molecule has 4 N–H and O–H groups in total. The fourth-order valence-corrected chi connectivity index (χ4v) is 4.38. The second-order valence-corrected chi connectivity index (χ2v) is 8.51. The van der Waals surface area contributed by atoms with Crippen LogP contribution in [0.5, 0.6) is 5.75 Å². The molecular formula is C21H28ClN5O2S. The van der Waals surface area contributed by atoms with Crippen molar-refractivity contribution in [3.8, 4) is 16.3 Å². The van der Waals surface area contributed by atoms with Gasteiger partial charge in [-0.05, 0) is 37.0 Å². The van der Waals surface area contributed by atoms with Gasteiger partial charge in [-0.3, -0.25) is 0 Å². The Balaban J connectivity index is 1.87. The van der Waals surface area contributed by atoms with Crippen molar-refractivity contribution in [2.75, 3.05) is 30.8 Å². The molecule has 30 heavy (non-hydrogen) atoms. The van der Waals surface area contributed by atoms with Crippen LogP contribution in [0.15, 0.2) is 18.2 Å². The normalized spacial score (nSPS) is 12.3. The lowest BCUT2D eigenvalue weighted by Gasteiger charge is -2.14. The minimum atomic E-state index is 0.105. The smallest absolute Gasteiger partial charge is 0.223 e. The Morgan fingerprint density at radius 3 is 2.83 bits per heavy atom. The minimum Gasteiger partial charge on any atom is -0.494 e. The van der Waals surface area contributed by atoms with Gasteiger partial charge < -0.3 is 20.9 Å². The fourth-order valence-electron chi connectivity index (χ4n) is 3.02. The van der Waals surface area contributed by atoms with Crippen LogP contribution in [0.2, 0.25) is 5.15 Å². The number of ether oxygens (including phenoxy) is 1. The highest BCUT2D eigenvalue weighted by atomic mass is 35.5. The van der Waals surface area contributed by atoms with E-state index in [1.165, 1.54) is 11.3 Å². The van der Waals surface area contributed by atoms with Gasteiger partial charge in [0, 0.05) is 13.2 Å². The van der Waals surface area contributed by atoms with Crippen molar-refractivity contribution >= 4 is 44.9 Å². The van der Waals surface area contributed by atoms with Crippen LogP contribution in [0.25, 0.3) is 20.8 Å². The summed E-state index contributed by atoms with van der Waals surface area (Å²) < 4.78 is 6.81. The van der Waals surface area contributed by atoms with Crippen LogP contribution < -0.4 is 15.8 Å². The van der Waals surface area contributed by atoms with E-state index in [0.29, 0.717) is 24.5 Å². The van der Waals surface area contributed by atoms with E-state index < -0.39 is 0 Å². The number of hydrogen-bond donors (Lipinski definition) is 3. The molecule has 0 aliphatic rings. The number of halogens is 1. The summed E-state index contributed by atoms with van der Waals surface area (Å²) in [5.74, 6) is 1.73. The lowest BCUT2D eigenvalue weighted by molar-refractivity contribution is 0.217. The average molecular weight is 450 g/mol. The zero-order valence-electron chi connectivity index (χ0n) is 17.3. The molecule has 162 valence electrons. The second-order valence-electron chi connectivity index (χ2n) is 7.12. The van der Waals surface area contributed by atoms with E-state index in [9.17, 15) is 5.11 Å². The molecule has 0 amide bonds. The number of fused-ring (bicyclic) bond motifs is 1. The first-order chi connectivity index (χ1) is 14.5. The third-order valence-electron chi connectivity index (χ3n) is 4.90. The largest absolute Gasteiger partial charge is 0.494 e. The molecule has 0 radical (unpaired) electrons. The number of hydrogen-bond acceptors (Lipinski definition) is 8. The third kappa shape index (κ3) is 5.50. The quantitative estimate of drug-likeness (QED) is 0.279. The topological polar surface area (TPSA) is 106 Å². The maximum Gasteiger partial charge on any atom is 0.223 e. The van der Waals surface area contributed by atoms with Crippen molar-refractivity contribution in [2.45, 2.75) is 39.5 Å². The summed E-state index contributed by atoms with van der Waals surface area (Å²) in [6, 6.07) is 5.88. The number of nitrogens with one attached hydrogen (secondary N) is 1. The first kappa shape index (κ1) is 22.5. The maximum atomic E-state index is 9.40. The van der Waals surface area contributed by atoms with Gasteiger partial charge in [0.2, 0.25) is 5.95 Å². The van der Waals surface area contributed by atoms with E-state index in [1.807, 2.05) is 18.2 Å². The number of nitrogen functional groups attached to an aromatic ring is 1. The molecule has 0 spiro atoms. The number of aromatic nitrogens is 3. The molecule has 0 saturated heterocycles. The third-order valence-corrected chi connectivity index (χ3v) is 6.21.